The number of rotatable bonds is 4. The predicted molar refractivity (Wildman–Crippen MR) is 119 cm³/mol. The summed E-state index contributed by atoms with van der Waals surface area (Å²) in [4.78, 5) is 0. The van der Waals surface area contributed by atoms with Crippen LogP contribution in [-0.2, 0) is 12.8 Å². The van der Waals surface area contributed by atoms with Gasteiger partial charge in [-0.2, -0.15) is 0 Å². The van der Waals surface area contributed by atoms with Gasteiger partial charge in [0.1, 0.15) is 0 Å². The molecule has 0 aliphatic carbocycles. The predicted octanol–water partition coefficient (Wildman–Crippen LogP) is 6.67. The minimum absolute atomic E-state index is 0.0657. The second kappa shape index (κ2) is 10.4. The van der Waals surface area contributed by atoms with E-state index in [4.69, 9.17) is 0 Å². The molecule has 2 heteroatoms. The van der Waals surface area contributed by atoms with Gasteiger partial charge in [0.15, 0.2) is 11.6 Å². The molecular weight excluding hydrogens is 374 g/mol. The van der Waals surface area contributed by atoms with Gasteiger partial charge in [0.2, 0.25) is 0 Å². The molecule has 0 spiro atoms. The molecule has 3 aromatic carbocycles. The largest absolute Gasteiger partial charge is 0.203 e. The Hall–Kier alpha value is -3.36. The fraction of sp³-hybridized carbons (Fsp3) is 0.214. The Labute approximate surface area is 178 Å². The van der Waals surface area contributed by atoms with E-state index < -0.39 is 11.6 Å². The van der Waals surface area contributed by atoms with Gasteiger partial charge in [-0.15, -0.1) is 0 Å². The molecule has 0 saturated carbocycles. The Kier molecular flexibility index (Phi) is 7.42. The summed E-state index contributed by atoms with van der Waals surface area (Å²) in [5, 5.41) is 0. The first-order chi connectivity index (χ1) is 14.6. The van der Waals surface area contributed by atoms with Crippen molar-refractivity contribution in [2.24, 2.45) is 0 Å². The Balaban J connectivity index is 1.69. The zero-order chi connectivity index (χ0) is 21.3. The van der Waals surface area contributed by atoms with Crippen molar-refractivity contribution in [2.45, 2.75) is 39.5 Å². The molecule has 0 bridgehead atoms. The maximum atomic E-state index is 14.1. The van der Waals surface area contributed by atoms with Crippen LogP contribution in [0, 0.1) is 35.3 Å². The molecule has 0 aliphatic rings. The summed E-state index contributed by atoms with van der Waals surface area (Å²) in [5.74, 6) is 10.2. The highest BCUT2D eigenvalue weighted by Gasteiger charge is 2.10. The minimum Gasteiger partial charge on any atom is -0.203 e. The van der Waals surface area contributed by atoms with Gasteiger partial charge in [-0.1, -0.05) is 62.1 Å². The first kappa shape index (κ1) is 21.4. The van der Waals surface area contributed by atoms with Gasteiger partial charge in [-0.05, 0) is 72.9 Å². The van der Waals surface area contributed by atoms with Crippen LogP contribution in [0.2, 0.25) is 0 Å². The zero-order valence-corrected chi connectivity index (χ0v) is 17.4. The van der Waals surface area contributed by atoms with E-state index in [2.05, 4.69) is 54.9 Å². The molecule has 0 aliphatic heterocycles. The summed E-state index contributed by atoms with van der Waals surface area (Å²) >= 11 is 0. The topological polar surface area (TPSA) is 0 Å². The SMILES string of the molecule is CCCCc1ccc(C#Cc2ccc(C#Cc3ccc(CC)c(F)c3F)cc2)cc1. The quantitative estimate of drug-likeness (QED) is 0.431. The van der Waals surface area contributed by atoms with Crippen LogP contribution in [0.4, 0.5) is 8.78 Å². The molecule has 0 atom stereocenters. The zero-order valence-electron chi connectivity index (χ0n) is 17.4. The average Bonchev–Trinajstić information content (AvgIpc) is 2.78. The summed E-state index contributed by atoms with van der Waals surface area (Å²) in [7, 11) is 0. The molecule has 0 heterocycles. The summed E-state index contributed by atoms with van der Waals surface area (Å²) in [5.41, 5.74) is 4.34. The molecule has 3 rings (SSSR count). The van der Waals surface area contributed by atoms with E-state index in [9.17, 15) is 8.78 Å². The van der Waals surface area contributed by atoms with E-state index in [-0.39, 0.29) is 5.56 Å². The lowest BCUT2D eigenvalue weighted by Gasteiger charge is -2.02. The number of halogens is 2. The lowest BCUT2D eigenvalue weighted by molar-refractivity contribution is 0.498. The van der Waals surface area contributed by atoms with E-state index in [1.807, 2.05) is 24.3 Å². The van der Waals surface area contributed by atoms with E-state index in [1.165, 1.54) is 24.5 Å². The molecule has 0 amide bonds. The lowest BCUT2D eigenvalue weighted by Crippen LogP contribution is -1.96. The van der Waals surface area contributed by atoms with E-state index in [0.717, 1.165) is 23.1 Å². The van der Waals surface area contributed by atoms with Crippen LogP contribution >= 0.6 is 0 Å². The van der Waals surface area contributed by atoms with Crippen molar-refractivity contribution in [1.82, 2.24) is 0 Å². The van der Waals surface area contributed by atoms with E-state index >= 15 is 0 Å². The molecule has 3 aromatic rings. The summed E-state index contributed by atoms with van der Waals surface area (Å²) in [6.07, 6.45) is 3.94. The summed E-state index contributed by atoms with van der Waals surface area (Å²) in [6, 6.07) is 18.9. The van der Waals surface area contributed by atoms with Crippen molar-refractivity contribution in [2.75, 3.05) is 0 Å². The highest BCUT2D eigenvalue weighted by molar-refractivity contribution is 5.48. The third-order valence-corrected chi connectivity index (χ3v) is 4.89. The molecule has 0 radical (unpaired) electrons. The smallest absolute Gasteiger partial charge is 0.174 e. The van der Waals surface area contributed by atoms with Crippen LogP contribution in [0.25, 0.3) is 0 Å². The fourth-order valence-electron chi connectivity index (χ4n) is 3.02. The van der Waals surface area contributed by atoms with Crippen molar-refractivity contribution >= 4 is 0 Å². The lowest BCUT2D eigenvalue weighted by atomic mass is 10.1. The fourth-order valence-corrected chi connectivity index (χ4v) is 3.02. The Morgan fingerprint density at radius 2 is 1.17 bits per heavy atom. The van der Waals surface area contributed by atoms with Crippen molar-refractivity contribution in [3.63, 3.8) is 0 Å². The number of aryl methyl sites for hydroxylation is 2. The Morgan fingerprint density at radius 1 is 0.633 bits per heavy atom. The number of hydrogen-bond acceptors (Lipinski definition) is 0. The van der Waals surface area contributed by atoms with Crippen LogP contribution in [0.5, 0.6) is 0 Å². The molecule has 0 aromatic heterocycles. The molecule has 0 saturated heterocycles. The molecule has 150 valence electrons. The maximum Gasteiger partial charge on any atom is 0.174 e. The molecule has 0 fully saturated rings. The highest BCUT2D eigenvalue weighted by atomic mass is 19.2. The van der Waals surface area contributed by atoms with Gasteiger partial charge in [0.05, 0.1) is 5.56 Å². The van der Waals surface area contributed by atoms with Crippen LogP contribution in [0.15, 0.2) is 60.7 Å². The second-order valence-electron chi connectivity index (χ2n) is 7.13. The number of benzene rings is 3. The van der Waals surface area contributed by atoms with Crippen LogP contribution in [-0.4, -0.2) is 0 Å². The second-order valence-corrected chi connectivity index (χ2v) is 7.13. The molecule has 0 nitrogen and oxygen atoms in total. The first-order valence-corrected chi connectivity index (χ1v) is 10.3. The van der Waals surface area contributed by atoms with E-state index in [1.54, 1.807) is 13.0 Å². The Morgan fingerprint density at radius 3 is 1.70 bits per heavy atom. The maximum absolute atomic E-state index is 14.1. The molecule has 30 heavy (non-hydrogen) atoms. The van der Waals surface area contributed by atoms with Crippen molar-refractivity contribution < 1.29 is 8.78 Å². The first-order valence-electron chi connectivity index (χ1n) is 10.3. The normalized spacial score (nSPS) is 10.0. The Bertz CT molecular complexity index is 1120. The van der Waals surface area contributed by atoms with Crippen molar-refractivity contribution in [3.05, 3.63) is 106 Å². The third-order valence-electron chi connectivity index (χ3n) is 4.89. The molecular formula is C28H24F2. The van der Waals surface area contributed by atoms with Gasteiger partial charge in [-0.25, -0.2) is 8.78 Å². The minimum atomic E-state index is -0.884. The van der Waals surface area contributed by atoms with Crippen molar-refractivity contribution in [1.29, 1.82) is 0 Å². The molecule has 0 unspecified atom stereocenters. The van der Waals surface area contributed by atoms with Gasteiger partial charge < -0.3 is 0 Å². The van der Waals surface area contributed by atoms with Gasteiger partial charge >= 0.3 is 0 Å². The van der Waals surface area contributed by atoms with Crippen LogP contribution < -0.4 is 0 Å². The molecule has 0 N–H and O–H groups in total. The average molecular weight is 398 g/mol. The van der Waals surface area contributed by atoms with Crippen LogP contribution in [0.3, 0.4) is 0 Å². The third kappa shape index (κ3) is 5.59. The number of unbranched alkanes of at least 4 members (excludes halogenated alkanes) is 1. The van der Waals surface area contributed by atoms with Crippen LogP contribution in [0.1, 0.15) is 60.1 Å². The summed E-state index contributed by atoms with van der Waals surface area (Å²) < 4.78 is 28.0. The highest BCUT2D eigenvalue weighted by Crippen LogP contribution is 2.16. The standard InChI is InChI=1S/C28H24F2/c1-3-5-6-21-7-9-22(10-8-21)11-12-23-13-15-24(16-14-23)17-18-26-20-19-25(4-2)27(29)28(26)30/h7-10,13-16,19-20H,3-6H2,1-2H3. The van der Waals surface area contributed by atoms with Crippen molar-refractivity contribution in [3.8, 4) is 23.7 Å². The van der Waals surface area contributed by atoms with E-state index in [0.29, 0.717) is 12.0 Å². The van der Waals surface area contributed by atoms with Gasteiger partial charge in [0.25, 0.3) is 0 Å². The summed E-state index contributed by atoms with van der Waals surface area (Å²) in [6.45, 7) is 3.98. The number of hydrogen-bond donors (Lipinski definition) is 0. The monoisotopic (exact) mass is 398 g/mol. The van der Waals surface area contributed by atoms with Gasteiger partial charge in [0, 0.05) is 16.7 Å². The van der Waals surface area contributed by atoms with Gasteiger partial charge in [-0.3, -0.25) is 0 Å².